The zero-order valence-corrected chi connectivity index (χ0v) is 13.0. The first-order valence-electron chi connectivity index (χ1n) is 6.63. The maximum Gasteiger partial charge on any atom is 0.434 e. The maximum absolute atomic E-state index is 13.0. The van der Waals surface area contributed by atoms with Gasteiger partial charge < -0.3 is 4.90 Å². The molecular formula is C13H11F3N4O3S. The van der Waals surface area contributed by atoms with Crippen molar-refractivity contribution >= 4 is 27.3 Å². The molecule has 24 heavy (non-hydrogen) atoms. The Labute approximate surface area is 134 Å². The van der Waals surface area contributed by atoms with E-state index in [1.54, 1.807) is 11.2 Å². The number of hydrogen-bond donors (Lipinski definition) is 1. The average Bonchev–Trinajstić information content (AvgIpc) is 3.01. The zero-order chi connectivity index (χ0) is 17.7. The van der Waals surface area contributed by atoms with Crippen LogP contribution in [0.3, 0.4) is 0 Å². The summed E-state index contributed by atoms with van der Waals surface area (Å²) in [6.07, 6.45) is -4.33. The van der Waals surface area contributed by atoms with E-state index in [9.17, 15) is 26.4 Å². The fourth-order valence-corrected chi connectivity index (χ4v) is 3.95. The number of anilines is 2. The molecule has 0 radical (unpaired) electrons. The van der Waals surface area contributed by atoms with Gasteiger partial charge in [-0.05, 0) is 12.1 Å². The molecule has 0 atom stereocenters. The number of likely N-dealkylation sites (N-methyl/N-ethyl adjacent to an activating group) is 1. The third-order valence-corrected chi connectivity index (χ3v) is 5.39. The average molecular weight is 360 g/mol. The molecule has 0 aliphatic carbocycles. The lowest BCUT2D eigenvalue weighted by atomic mass is 10.2. The summed E-state index contributed by atoms with van der Waals surface area (Å²) in [5, 5.41) is 4.85. The number of carbonyl (C=O) groups excluding carboxylic acids is 1. The summed E-state index contributed by atoms with van der Waals surface area (Å²) < 4.78 is 65.1. The summed E-state index contributed by atoms with van der Waals surface area (Å²) in [5.41, 5.74) is -1.07. The van der Waals surface area contributed by atoms with Crippen LogP contribution in [0.1, 0.15) is 5.69 Å². The molecule has 7 nitrogen and oxygen atoms in total. The van der Waals surface area contributed by atoms with Crippen molar-refractivity contribution in [2.75, 3.05) is 22.8 Å². The van der Waals surface area contributed by atoms with E-state index in [0.717, 1.165) is 0 Å². The normalized spacial score (nSPS) is 15.6. The second-order valence-electron chi connectivity index (χ2n) is 5.06. The van der Waals surface area contributed by atoms with Crippen LogP contribution >= 0.6 is 0 Å². The van der Waals surface area contributed by atoms with Crippen LogP contribution in [0.2, 0.25) is 0 Å². The first kappa shape index (κ1) is 16.3. The molecule has 2 aromatic rings. The molecule has 1 aromatic carbocycles. The summed E-state index contributed by atoms with van der Waals surface area (Å²) in [6.45, 7) is -0.599. The molecule has 0 spiro atoms. The van der Waals surface area contributed by atoms with Crippen molar-refractivity contribution in [3.8, 4) is 0 Å². The molecule has 1 aromatic heterocycles. The second-order valence-corrected chi connectivity index (χ2v) is 6.89. The lowest BCUT2D eigenvalue weighted by Gasteiger charge is -2.34. The highest BCUT2D eigenvalue weighted by molar-refractivity contribution is 7.93. The molecule has 0 bridgehead atoms. The van der Waals surface area contributed by atoms with Gasteiger partial charge >= 0.3 is 6.18 Å². The Kier molecular flexibility index (Phi) is 3.55. The van der Waals surface area contributed by atoms with E-state index >= 15 is 0 Å². The molecule has 0 unspecified atom stereocenters. The Bertz CT molecular complexity index is 907. The number of aromatic amines is 1. The summed E-state index contributed by atoms with van der Waals surface area (Å²) in [4.78, 5) is 12.3. The fraction of sp³-hybridized carbons (Fsp3) is 0.231. The van der Waals surface area contributed by atoms with Crippen LogP contribution in [-0.2, 0) is 21.0 Å². The summed E-state index contributed by atoms with van der Waals surface area (Å²) in [5.74, 6) is -0.561. The topological polar surface area (TPSA) is 86.4 Å². The molecule has 1 aliphatic rings. The zero-order valence-electron chi connectivity index (χ0n) is 12.2. The standard InChI is InChI=1S/C13H11F3N4O3S/c1-19-8-4-2-3-5-9(8)20(7-11(19)21)24(22,23)10-6-17-18-12(10)13(14,15)16/h2-6H,7H2,1H3,(H,17,18). The molecular weight excluding hydrogens is 349 g/mol. The Morgan fingerprint density at radius 3 is 2.46 bits per heavy atom. The highest BCUT2D eigenvalue weighted by Gasteiger charge is 2.43. The minimum absolute atomic E-state index is 0.119. The number of sulfonamides is 1. The second kappa shape index (κ2) is 5.23. The molecule has 0 saturated heterocycles. The van der Waals surface area contributed by atoms with Gasteiger partial charge in [0.25, 0.3) is 10.0 Å². The van der Waals surface area contributed by atoms with Gasteiger partial charge in [-0.25, -0.2) is 8.42 Å². The number of nitrogens with zero attached hydrogens (tertiary/aromatic N) is 3. The van der Waals surface area contributed by atoms with E-state index in [2.05, 4.69) is 5.10 Å². The minimum Gasteiger partial charge on any atom is -0.312 e. The Hall–Kier alpha value is -2.56. The van der Waals surface area contributed by atoms with E-state index in [4.69, 9.17) is 0 Å². The van der Waals surface area contributed by atoms with Gasteiger partial charge in [-0.3, -0.25) is 14.2 Å². The van der Waals surface area contributed by atoms with Gasteiger partial charge in [0.15, 0.2) is 5.69 Å². The van der Waals surface area contributed by atoms with Crippen molar-refractivity contribution in [3.63, 3.8) is 0 Å². The molecule has 1 amide bonds. The molecule has 1 aliphatic heterocycles. The number of benzene rings is 1. The SMILES string of the molecule is CN1C(=O)CN(S(=O)(=O)c2cn[nH]c2C(F)(F)F)c2ccccc21. The Balaban J connectivity index is 2.17. The molecule has 128 valence electrons. The van der Waals surface area contributed by atoms with E-state index in [0.29, 0.717) is 10.5 Å². The number of rotatable bonds is 2. The predicted octanol–water partition coefficient (Wildman–Crippen LogP) is 1.60. The number of amides is 1. The number of halogens is 3. The van der Waals surface area contributed by atoms with E-state index in [1.807, 2.05) is 0 Å². The number of H-pyrrole nitrogens is 1. The highest BCUT2D eigenvalue weighted by Crippen LogP contribution is 2.39. The van der Waals surface area contributed by atoms with Gasteiger partial charge in [0, 0.05) is 7.05 Å². The first-order valence-corrected chi connectivity index (χ1v) is 8.07. The molecule has 3 rings (SSSR count). The number of hydrogen-bond acceptors (Lipinski definition) is 4. The van der Waals surface area contributed by atoms with Crippen molar-refractivity contribution in [2.24, 2.45) is 0 Å². The lowest BCUT2D eigenvalue weighted by molar-refractivity contribution is -0.143. The summed E-state index contributed by atoms with van der Waals surface area (Å²) in [7, 11) is -3.17. The molecule has 0 saturated carbocycles. The van der Waals surface area contributed by atoms with Crippen molar-refractivity contribution < 1.29 is 26.4 Å². The van der Waals surface area contributed by atoms with Crippen molar-refractivity contribution in [1.82, 2.24) is 10.2 Å². The third kappa shape index (κ3) is 2.40. The van der Waals surface area contributed by atoms with E-state index in [1.165, 1.54) is 30.1 Å². The minimum atomic E-state index is -4.92. The number of para-hydroxylation sites is 2. The third-order valence-electron chi connectivity index (χ3n) is 3.62. The summed E-state index contributed by atoms with van der Waals surface area (Å²) >= 11 is 0. The van der Waals surface area contributed by atoms with Crippen LogP contribution in [-0.4, -0.2) is 38.1 Å². The molecule has 2 heterocycles. The molecule has 11 heteroatoms. The number of nitrogens with one attached hydrogen (secondary N) is 1. The van der Waals surface area contributed by atoms with Crippen LogP contribution in [0.25, 0.3) is 0 Å². The van der Waals surface area contributed by atoms with Crippen LogP contribution in [0.5, 0.6) is 0 Å². The Morgan fingerprint density at radius 2 is 1.83 bits per heavy atom. The quantitative estimate of drug-likeness (QED) is 0.881. The smallest absolute Gasteiger partial charge is 0.312 e. The largest absolute Gasteiger partial charge is 0.434 e. The van der Waals surface area contributed by atoms with Crippen molar-refractivity contribution in [2.45, 2.75) is 11.1 Å². The Morgan fingerprint density at radius 1 is 1.21 bits per heavy atom. The van der Waals surface area contributed by atoms with Crippen molar-refractivity contribution in [3.05, 3.63) is 36.2 Å². The van der Waals surface area contributed by atoms with Crippen LogP contribution in [0, 0.1) is 0 Å². The van der Waals surface area contributed by atoms with Gasteiger partial charge in [0.05, 0.1) is 17.6 Å². The number of alkyl halides is 3. The summed E-state index contributed by atoms with van der Waals surface area (Å²) in [6, 6.07) is 6.06. The van der Waals surface area contributed by atoms with Crippen LogP contribution in [0.4, 0.5) is 24.5 Å². The van der Waals surface area contributed by atoms with Gasteiger partial charge in [0.2, 0.25) is 5.91 Å². The van der Waals surface area contributed by atoms with Crippen LogP contribution < -0.4 is 9.21 Å². The monoisotopic (exact) mass is 360 g/mol. The molecule has 0 fully saturated rings. The number of aromatic nitrogens is 2. The molecule has 1 N–H and O–H groups in total. The van der Waals surface area contributed by atoms with E-state index in [-0.39, 0.29) is 11.4 Å². The lowest BCUT2D eigenvalue weighted by Crippen LogP contribution is -2.46. The predicted molar refractivity (Wildman–Crippen MR) is 78.0 cm³/mol. The maximum atomic E-state index is 13.0. The van der Waals surface area contributed by atoms with Gasteiger partial charge in [-0.15, -0.1) is 0 Å². The number of carbonyl (C=O) groups is 1. The van der Waals surface area contributed by atoms with Gasteiger partial charge in [-0.2, -0.15) is 18.3 Å². The fourth-order valence-electron chi connectivity index (χ4n) is 2.41. The van der Waals surface area contributed by atoms with Crippen molar-refractivity contribution in [1.29, 1.82) is 0 Å². The van der Waals surface area contributed by atoms with Gasteiger partial charge in [0.1, 0.15) is 11.4 Å². The van der Waals surface area contributed by atoms with Crippen LogP contribution in [0.15, 0.2) is 35.4 Å². The van der Waals surface area contributed by atoms with E-state index < -0.39 is 39.2 Å². The first-order chi connectivity index (χ1) is 11.1. The highest BCUT2D eigenvalue weighted by atomic mass is 32.2. The number of fused-ring (bicyclic) bond motifs is 1. The van der Waals surface area contributed by atoms with Gasteiger partial charge in [-0.1, -0.05) is 12.1 Å².